The van der Waals surface area contributed by atoms with Gasteiger partial charge in [-0.3, -0.25) is 9.69 Å². The summed E-state index contributed by atoms with van der Waals surface area (Å²) in [5.41, 5.74) is 3.04. The molecule has 1 aromatic heterocycles. The summed E-state index contributed by atoms with van der Waals surface area (Å²) < 4.78 is 5.26. The van der Waals surface area contributed by atoms with Crippen molar-refractivity contribution in [3.63, 3.8) is 0 Å². The monoisotopic (exact) mass is 409 g/mol. The number of carbonyl (C=O) groups is 1. The Labute approximate surface area is 175 Å². The number of amides is 1. The van der Waals surface area contributed by atoms with E-state index < -0.39 is 0 Å². The number of piperazine rings is 1. The zero-order chi connectivity index (χ0) is 20.1. The summed E-state index contributed by atoms with van der Waals surface area (Å²) in [6, 6.07) is 19.5. The quantitative estimate of drug-likeness (QED) is 0.663. The first-order valence-electron chi connectivity index (χ1n) is 9.80. The van der Waals surface area contributed by atoms with Gasteiger partial charge >= 0.3 is 0 Å². The molecule has 5 nitrogen and oxygen atoms in total. The van der Waals surface area contributed by atoms with Crippen LogP contribution in [0.3, 0.4) is 0 Å². The summed E-state index contributed by atoms with van der Waals surface area (Å²) in [6.07, 6.45) is 1.61. The molecule has 0 aliphatic carbocycles. The molecule has 2 aromatic carbocycles. The molecule has 1 fully saturated rings. The normalized spacial score (nSPS) is 14.7. The van der Waals surface area contributed by atoms with Crippen LogP contribution in [0, 0.1) is 0 Å². The Bertz CT molecular complexity index is 933. The lowest BCUT2D eigenvalue weighted by molar-refractivity contribution is 0.0948. The number of anilines is 1. The molecule has 0 unspecified atom stereocenters. The molecule has 1 saturated heterocycles. The maximum Gasteiger partial charge on any atom is 0.251 e. The maximum absolute atomic E-state index is 12.4. The van der Waals surface area contributed by atoms with Gasteiger partial charge in [0.2, 0.25) is 0 Å². The van der Waals surface area contributed by atoms with E-state index in [1.165, 1.54) is 5.69 Å². The van der Waals surface area contributed by atoms with Gasteiger partial charge in [0.15, 0.2) is 0 Å². The Morgan fingerprint density at radius 3 is 2.52 bits per heavy atom. The van der Waals surface area contributed by atoms with Gasteiger partial charge in [0.25, 0.3) is 5.91 Å². The second kappa shape index (κ2) is 9.16. The first-order chi connectivity index (χ1) is 14.2. The SMILES string of the molecule is O=C(NCc1ccco1)c1cccc(CN2CCN(c3ccc(Cl)cc3)CC2)c1. The number of hydrogen-bond acceptors (Lipinski definition) is 4. The number of benzene rings is 2. The summed E-state index contributed by atoms with van der Waals surface area (Å²) in [4.78, 5) is 17.2. The second-order valence-corrected chi connectivity index (χ2v) is 7.64. The molecule has 2 heterocycles. The minimum absolute atomic E-state index is 0.0872. The molecule has 0 atom stereocenters. The van der Waals surface area contributed by atoms with Gasteiger partial charge in [-0.25, -0.2) is 0 Å². The molecule has 0 spiro atoms. The molecule has 1 aliphatic rings. The van der Waals surface area contributed by atoms with Crippen molar-refractivity contribution in [3.05, 3.63) is 88.8 Å². The van der Waals surface area contributed by atoms with E-state index in [-0.39, 0.29) is 5.91 Å². The highest BCUT2D eigenvalue weighted by atomic mass is 35.5. The Morgan fingerprint density at radius 1 is 1.00 bits per heavy atom. The highest BCUT2D eigenvalue weighted by Gasteiger charge is 2.18. The van der Waals surface area contributed by atoms with Gasteiger partial charge in [0, 0.05) is 49.0 Å². The Balaban J connectivity index is 1.30. The zero-order valence-corrected chi connectivity index (χ0v) is 16.9. The minimum atomic E-state index is -0.0872. The topological polar surface area (TPSA) is 48.7 Å². The lowest BCUT2D eigenvalue weighted by Gasteiger charge is -2.36. The Hall–Kier alpha value is -2.76. The molecule has 0 saturated carbocycles. The number of hydrogen-bond donors (Lipinski definition) is 1. The lowest BCUT2D eigenvalue weighted by atomic mass is 10.1. The highest BCUT2D eigenvalue weighted by molar-refractivity contribution is 6.30. The fourth-order valence-electron chi connectivity index (χ4n) is 3.57. The fraction of sp³-hybridized carbons (Fsp3) is 0.261. The molecular formula is C23H24ClN3O2. The van der Waals surface area contributed by atoms with E-state index in [0.717, 1.165) is 49.1 Å². The smallest absolute Gasteiger partial charge is 0.251 e. The molecule has 3 aromatic rings. The van der Waals surface area contributed by atoms with Crippen molar-refractivity contribution in [2.45, 2.75) is 13.1 Å². The van der Waals surface area contributed by atoms with Crippen molar-refractivity contribution in [1.82, 2.24) is 10.2 Å². The average molecular weight is 410 g/mol. The van der Waals surface area contributed by atoms with Gasteiger partial charge in [-0.05, 0) is 54.1 Å². The van der Waals surface area contributed by atoms with Crippen LogP contribution in [0.5, 0.6) is 0 Å². The first-order valence-corrected chi connectivity index (χ1v) is 10.2. The van der Waals surface area contributed by atoms with Crippen molar-refractivity contribution >= 4 is 23.2 Å². The summed E-state index contributed by atoms with van der Waals surface area (Å²) in [5, 5.41) is 3.66. The van der Waals surface area contributed by atoms with Crippen LogP contribution in [0.2, 0.25) is 5.02 Å². The van der Waals surface area contributed by atoms with Crippen molar-refractivity contribution in [2.75, 3.05) is 31.1 Å². The lowest BCUT2D eigenvalue weighted by Crippen LogP contribution is -2.45. The van der Waals surface area contributed by atoms with Crippen molar-refractivity contribution in [2.24, 2.45) is 0 Å². The summed E-state index contributed by atoms with van der Waals surface area (Å²) >= 11 is 5.98. The molecule has 150 valence electrons. The van der Waals surface area contributed by atoms with Gasteiger partial charge in [-0.2, -0.15) is 0 Å². The van der Waals surface area contributed by atoms with Crippen LogP contribution in [0.15, 0.2) is 71.3 Å². The van der Waals surface area contributed by atoms with E-state index >= 15 is 0 Å². The van der Waals surface area contributed by atoms with E-state index in [4.69, 9.17) is 16.0 Å². The standard InChI is InChI=1S/C23H24ClN3O2/c24-20-6-8-21(9-7-20)27-12-10-26(11-13-27)17-18-3-1-4-19(15-18)23(28)25-16-22-5-2-14-29-22/h1-9,14-15H,10-13,16-17H2,(H,25,28). The van der Waals surface area contributed by atoms with Gasteiger partial charge in [-0.1, -0.05) is 23.7 Å². The van der Waals surface area contributed by atoms with E-state index in [9.17, 15) is 4.79 Å². The number of rotatable bonds is 6. The first kappa shape index (κ1) is 19.6. The van der Waals surface area contributed by atoms with E-state index in [1.807, 2.05) is 42.5 Å². The fourth-order valence-corrected chi connectivity index (χ4v) is 3.69. The van der Waals surface area contributed by atoms with E-state index in [0.29, 0.717) is 12.1 Å². The summed E-state index contributed by atoms with van der Waals surface area (Å²) in [6.45, 7) is 5.15. The van der Waals surface area contributed by atoms with Crippen LogP contribution in [0.25, 0.3) is 0 Å². The Kier molecular flexibility index (Phi) is 6.17. The molecule has 1 aliphatic heterocycles. The zero-order valence-electron chi connectivity index (χ0n) is 16.2. The molecule has 1 N–H and O–H groups in total. The molecule has 1 amide bonds. The molecular weight excluding hydrogens is 386 g/mol. The van der Waals surface area contributed by atoms with Crippen LogP contribution >= 0.6 is 11.6 Å². The van der Waals surface area contributed by atoms with Crippen molar-refractivity contribution in [1.29, 1.82) is 0 Å². The molecule has 0 bridgehead atoms. The molecule has 0 radical (unpaired) electrons. The predicted octanol–water partition coefficient (Wildman–Crippen LogP) is 4.19. The maximum atomic E-state index is 12.4. The van der Waals surface area contributed by atoms with Crippen LogP contribution < -0.4 is 10.2 Å². The van der Waals surface area contributed by atoms with Crippen molar-refractivity contribution < 1.29 is 9.21 Å². The van der Waals surface area contributed by atoms with E-state index in [1.54, 1.807) is 6.26 Å². The van der Waals surface area contributed by atoms with Gasteiger partial charge in [0.1, 0.15) is 5.76 Å². The number of halogens is 1. The predicted molar refractivity (Wildman–Crippen MR) is 115 cm³/mol. The minimum Gasteiger partial charge on any atom is -0.467 e. The summed E-state index contributed by atoms with van der Waals surface area (Å²) in [5.74, 6) is 0.656. The van der Waals surface area contributed by atoms with Gasteiger partial charge < -0.3 is 14.6 Å². The second-order valence-electron chi connectivity index (χ2n) is 7.20. The largest absolute Gasteiger partial charge is 0.467 e. The van der Waals surface area contributed by atoms with Crippen LogP contribution in [0.4, 0.5) is 5.69 Å². The van der Waals surface area contributed by atoms with E-state index in [2.05, 4.69) is 33.3 Å². The Morgan fingerprint density at radius 2 is 1.79 bits per heavy atom. The van der Waals surface area contributed by atoms with Crippen LogP contribution in [-0.2, 0) is 13.1 Å². The van der Waals surface area contributed by atoms with Crippen molar-refractivity contribution in [3.8, 4) is 0 Å². The van der Waals surface area contributed by atoms with Crippen LogP contribution in [0.1, 0.15) is 21.7 Å². The third kappa shape index (κ3) is 5.19. The van der Waals surface area contributed by atoms with Crippen LogP contribution in [-0.4, -0.2) is 37.0 Å². The van der Waals surface area contributed by atoms with Gasteiger partial charge in [-0.15, -0.1) is 0 Å². The summed E-state index contributed by atoms with van der Waals surface area (Å²) in [7, 11) is 0. The third-order valence-corrected chi connectivity index (χ3v) is 5.41. The highest BCUT2D eigenvalue weighted by Crippen LogP contribution is 2.20. The number of nitrogens with zero attached hydrogens (tertiary/aromatic N) is 2. The average Bonchev–Trinajstić information content (AvgIpc) is 3.27. The molecule has 6 heteroatoms. The molecule has 4 rings (SSSR count). The number of nitrogens with one attached hydrogen (secondary N) is 1. The third-order valence-electron chi connectivity index (χ3n) is 5.16. The molecule has 29 heavy (non-hydrogen) atoms. The number of furan rings is 1. The number of carbonyl (C=O) groups excluding carboxylic acids is 1. The van der Waals surface area contributed by atoms with Gasteiger partial charge in [0.05, 0.1) is 12.8 Å².